The second-order valence-electron chi connectivity index (χ2n) is 19.6. The molecule has 4 bridgehead atoms. The van der Waals surface area contributed by atoms with E-state index in [-0.39, 0.29) is 17.4 Å². The number of aromatic nitrogens is 1. The van der Waals surface area contributed by atoms with E-state index in [1.54, 1.807) is 7.11 Å². The van der Waals surface area contributed by atoms with Gasteiger partial charge >= 0.3 is 11.9 Å². The van der Waals surface area contributed by atoms with Gasteiger partial charge in [-0.1, -0.05) is 44.2 Å². The predicted octanol–water partition coefficient (Wildman–Crippen LogP) is 4.32. The fourth-order valence-corrected chi connectivity index (χ4v) is 16.4. The Labute approximate surface area is 346 Å². The number of rotatable bonds is 7. The Balaban J connectivity index is 1.25. The first kappa shape index (κ1) is 38.0. The average molecular weight is 808 g/mol. The summed E-state index contributed by atoms with van der Waals surface area (Å²) in [7, 11) is 6.88. The third kappa shape index (κ3) is 3.93. The molecule has 1 aromatic heterocycles. The lowest BCUT2D eigenvalue weighted by Gasteiger charge is -2.63. The van der Waals surface area contributed by atoms with Gasteiger partial charge < -0.3 is 39.0 Å². The van der Waals surface area contributed by atoms with Crippen LogP contribution >= 0.6 is 0 Å². The first-order valence-corrected chi connectivity index (χ1v) is 21.8. The minimum atomic E-state index is -2.23. The van der Waals surface area contributed by atoms with E-state index in [0.29, 0.717) is 38.0 Å². The van der Waals surface area contributed by atoms with E-state index in [4.69, 9.17) is 18.9 Å². The topological polar surface area (TPSA) is 134 Å². The number of methoxy groups -OCH3 is 3. The summed E-state index contributed by atoms with van der Waals surface area (Å²) in [6, 6.07) is 12.1. The highest BCUT2D eigenvalue weighted by Crippen LogP contribution is 2.73. The molecule has 2 aromatic carbocycles. The highest BCUT2D eigenvalue weighted by atomic mass is 16.6. The molecule has 12 atom stereocenters. The molecule has 59 heavy (non-hydrogen) atoms. The van der Waals surface area contributed by atoms with E-state index in [2.05, 4.69) is 72.3 Å². The summed E-state index contributed by atoms with van der Waals surface area (Å²) in [6.07, 6.45) is 6.85. The third-order valence-electron chi connectivity index (χ3n) is 18.1. The Hall–Kier alpha value is -3.94. The average Bonchev–Trinajstić information content (AvgIpc) is 3.95. The first-order valence-electron chi connectivity index (χ1n) is 21.8. The largest absolute Gasteiger partial charge is 0.496 e. The number of carbonyl (C=O) groups is 2. The van der Waals surface area contributed by atoms with Crippen LogP contribution in [0.3, 0.4) is 0 Å². The number of carbonyl (C=O) groups excluding carboxylic acids is 2. The van der Waals surface area contributed by atoms with Crippen molar-refractivity contribution in [1.29, 1.82) is 0 Å². The fraction of sp³-hybridized carbons (Fsp3) is 0.617. The van der Waals surface area contributed by atoms with Gasteiger partial charge in [0.15, 0.2) is 6.10 Å². The monoisotopic (exact) mass is 807 g/mol. The van der Waals surface area contributed by atoms with E-state index in [1.165, 1.54) is 25.0 Å². The van der Waals surface area contributed by atoms with E-state index >= 15 is 0 Å². The molecule has 3 N–H and O–H groups in total. The SMILES string of the molecule is CCC12CC3(OC)[C@]4(c5cc6c(cc5OC)N(C)[C@H]5[C@@](O)(C(=O)OC)[C@H](OC(C)=O)[C@]7(CC)C=CCN8CC[C@]65[C@@H]87)C[C@@H](C[N@+]3(CCc3c4[nH]c4ccccc34)C1)[C@H]2O. The summed E-state index contributed by atoms with van der Waals surface area (Å²) < 4.78 is 26.4. The van der Waals surface area contributed by atoms with Crippen LogP contribution in [0.5, 0.6) is 5.75 Å². The number of nitrogens with one attached hydrogen (secondary N) is 1. The Morgan fingerprint density at radius 1 is 1.07 bits per heavy atom. The minimum absolute atomic E-state index is 0.0140. The summed E-state index contributed by atoms with van der Waals surface area (Å²) in [4.78, 5) is 36.1. The molecule has 8 heterocycles. The van der Waals surface area contributed by atoms with Gasteiger partial charge in [0, 0.05) is 97.2 Å². The van der Waals surface area contributed by atoms with Crippen molar-refractivity contribution in [3.05, 3.63) is 70.9 Å². The summed E-state index contributed by atoms with van der Waals surface area (Å²) in [5, 5.41) is 27.2. The van der Waals surface area contributed by atoms with E-state index in [9.17, 15) is 19.8 Å². The van der Waals surface area contributed by atoms with E-state index in [0.717, 1.165) is 71.5 Å². The number of para-hydroxylation sites is 1. The molecule has 0 amide bonds. The zero-order valence-electron chi connectivity index (χ0n) is 35.5. The van der Waals surface area contributed by atoms with Crippen molar-refractivity contribution in [2.24, 2.45) is 16.7 Å². The molecule has 8 aliphatic rings. The fourth-order valence-electron chi connectivity index (χ4n) is 16.4. The number of aliphatic hydroxyl groups excluding tert-OH is 1. The van der Waals surface area contributed by atoms with Crippen LogP contribution in [0.15, 0.2) is 48.6 Å². The first-order chi connectivity index (χ1) is 28.3. The van der Waals surface area contributed by atoms with Gasteiger partial charge in [-0.05, 0) is 55.5 Å². The summed E-state index contributed by atoms with van der Waals surface area (Å²) in [5.74, 6) is -0.655. The van der Waals surface area contributed by atoms with Crippen LogP contribution in [0.25, 0.3) is 10.9 Å². The highest BCUT2D eigenvalue weighted by molar-refractivity contribution is 5.88. The van der Waals surface area contributed by atoms with Gasteiger partial charge in [-0.3, -0.25) is 14.2 Å². The van der Waals surface area contributed by atoms with Gasteiger partial charge in [-0.2, -0.15) is 0 Å². The molecule has 4 saturated heterocycles. The second kappa shape index (κ2) is 11.9. The molecule has 11 rings (SSSR count). The molecule has 1 aliphatic carbocycles. The minimum Gasteiger partial charge on any atom is -0.496 e. The molecular weight excluding hydrogens is 749 g/mol. The van der Waals surface area contributed by atoms with Gasteiger partial charge in [-0.15, -0.1) is 0 Å². The molecule has 314 valence electrons. The maximum Gasteiger partial charge on any atom is 0.344 e. The molecule has 12 heteroatoms. The van der Waals surface area contributed by atoms with Crippen LogP contribution in [-0.2, 0) is 41.1 Å². The normalized spacial score (nSPS) is 43.2. The van der Waals surface area contributed by atoms with Gasteiger partial charge in [0.2, 0.25) is 11.3 Å². The number of hydrogen-bond acceptors (Lipinski definition) is 10. The van der Waals surface area contributed by atoms with Crippen molar-refractivity contribution >= 4 is 28.5 Å². The number of fused-ring (bicyclic) bond motifs is 7. The number of aromatic amines is 1. The Morgan fingerprint density at radius 3 is 2.58 bits per heavy atom. The number of hydrogen-bond donors (Lipinski definition) is 3. The van der Waals surface area contributed by atoms with Crippen LogP contribution < -0.4 is 9.64 Å². The number of H-pyrrole nitrogens is 1. The lowest BCUT2D eigenvalue weighted by Crippen LogP contribution is -2.81. The lowest BCUT2D eigenvalue weighted by atomic mass is 9.47. The van der Waals surface area contributed by atoms with Crippen LogP contribution in [-0.4, -0.2) is 133 Å². The number of benzene rings is 2. The van der Waals surface area contributed by atoms with Gasteiger partial charge in [-0.25, -0.2) is 4.79 Å². The Kier molecular flexibility index (Phi) is 7.67. The predicted molar refractivity (Wildman–Crippen MR) is 220 cm³/mol. The molecule has 2 unspecified atom stereocenters. The number of nitrogens with zero attached hydrogens (tertiary/aromatic N) is 3. The van der Waals surface area contributed by atoms with Crippen LogP contribution in [0.2, 0.25) is 0 Å². The molecular formula is C47H59N4O8+. The number of anilines is 1. The molecule has 5 fully saturated rings. The highest BCUT2D eigenvalue weighted by Gasteiger charge is 2.84. The maximum atomic E-state index is 14.5. The molecule has 2 spiro atoms. The smallest absolute Gasteiger partial charge is 0.344 e. The van der Waals surface area contributed by atoms with Crippen molar-refractivity contribution in [2.75, 3.05) is 66.0 Å². The third-order valence-corrected chi connectivity index (χ3v) is 18.1. The van der Waals surface area contributed by atoms with E-state index in [1.807, 2.05) is 19.1 Å². The van der Waals surface area contributed by atoms with E-state index < -0.39 is 57.8 Å². The van der Waals surface area contributed by atoms with Crippen LogP contribution in [0, 0.1) is 16.7 Å². The van der Waals surface area contributed by atoms with Crippen molar-refractivity contribution in [3.8, 4) is 5.75 Å². The van der Waals surface area contributed by atoms with Gasteiger partial charge in [0.25, 0.3) is 0 Å². The number of ether oxygens (including phenoxy) is 4. The number of aliphatic hydroxyl groups is 2. The number of quaternary nitrogens is 1. The van der Waals surface area contributed by atoms with Gasteiger partial charge in [0.1, 0.15) is 11.2 Å². The molecule has 1 saturated carbocycles. The van der Waals surface area contributed by atoms with Crippen LogP contribution in [0.4, 0.5) is 5.69 Å². The molecule has 3 aromatic rings. The number of likely N-dealkylation sites (N-methyl/N-ethyl adjacent to an activating group) is 1. The number of piperidine rings is 2. The molecule has 12 nitrogen and oxygen atoms in total. The summed E-state index contributed by atoms with van der Waals surface area (Å²) in [6.45, 7) is 9.71. The standard InChI is InChI=1S/C47H59N4O8/c1-8-42-25-46(58-7)45(23-28(37(42)53)24-51(46,26-42)20-15-30-29-13-10-11-14-33(29)48-36(30)45)32-21-31-34(22-35(32)56-5)49(4)39-44(31)17-19-50-18-12-16-43(9-2,38(44)50)40(59-27(3)52)47(39,55)41(54)57-6/h10-14,16,21-22,28,37-40,48,53,55H,8-9,15,17-20,23-26H2,1-7H3/q+1/t28-,37+,38-,39+,40+,42?,43+,44+,45-,46?,47-,51+/m0/s1. The summed E-state index contributed by atoms with van der Waals surface area (Å²) >= 11 is 0. The molecule has 0 radical (unpaired) electrons. The zero-order valence-corrected chi connectivity index (χ0v) is 35.5. The van der Waals surface area contributed by atoms with Crippen molar-refractivity contribution in [2.45, 2.75) is 106 Å². The Bertz CT molecular complexity index is 2360. The number of esters is 2. The second-order valence-corrected chi connectivity index (χ2v) is 19.6. The molecule has 7 aliphatic heterocycles. The zero-order chi connectivity index (χ0) is 41.3. The van der Waals surface area contributed by atoms with Crippen molar-refractivity contribution < 1.29 is 43.2 Å². The Morgan fingerprint density at radius 2 is 1.86 bits per heavy atom. The quantitative estimate of drug-likeness (QED) is 0.180. The van der Waals surface area contributed by atoms with Crippen molar-refractivity contribution in [1.82, 2.24) is 9.88 Å². The van der Waals surface area contributed by atoms with Crippen molar-refractivity contribution in [3.63, 3.8) is 0 Å². The van der Waals surface area contributed by atoms with Crippen LogP contribution in [0.1, 0.15) is 75.3 Å². The maximum absolute atomic E-state index is 14.5. The lowest BCUT2D eigenvalue weighted by molar-refractivity contribution is -1.00. The van der Waals surface area contributed by atoms with Gasteiger partial charge in [0.05, 0.1) is 51.4 Å². The summed E-state index contributed by atoms with van der Waals surface area (Å²) in [5.41, 5.74) is 0.706.